The molecule has 1 aliphatic heterocycles. The Kier molecular flexibility index (Phi) is 5.10. The van der Waals surface area contributed by atoms with Crippen molar-refractivity contribution >= 4 is 46.6 Å². The van der Waals surface area contributed by atoms with E-state index in [-0.39, 0.29) is 22.3 Å². The smallest absolute Gasteiger partial charge is 0.326 e. The monoisotopic (exact) mass is 341 g/mol. The molecule has 0 atom stereocenters. The van der Waals surface area contributed by atoms with Gasteiger partial charge in [-0.1, -0.05) is 17.7 Å². The number of carbonyl (C=O) groups excluding carboxylic acids is 3. The van der Waals surface area contributed by atoms with E-state index in [0.717, 1.165) is 16.7 Å². The lowest BCUT2D eigenvalue weighted by Crippen LogP contribution is -2.34. The summed E-state index contributed by atoms with van der Waals surface area (Å²) in [6.07, 6.45) is 1.47. The minimum absolute atomic E-state index is 0.0748. The molecule has 2 rings (SSSR count). The molecule has 8 heteroatoms. The van der Waals surface area contributed by atoms with Gasteiger partial charge in [0.25, 0.3) is 11.1 Å². The van der Waals surface area contributed by atoms with Gasteiger partial charge >= 0.3 is 5.97 Å². The van der Waals surface area contributed by atoms with Crippen molar-refractivity contribution < 1.29 is 24.2 Å². The third-order valence-electron chi connectivity index (χ3n) is 2.74. The highest BCUT2D eigenvalue weighted by Crippen LogP contribution is 2.33. The first-order valence-electron chi connectivity index (χ1n) is 6.32. The molecule has 1 aromatic rings. The molecule has 0 bridgehead atoms. The number of benzene rings is 1. The van der Waals surface area contributed by atoms with Gasteiger partial charge in [0.1, 0.15) is 12.3 Å². The number of amides is 2. The molecule has 0 unspecified atom stereocenters. The summed E-state index contributed by atoms with van der Waals surface area (Å²) in [7, 11) is 0. The molecule has 1 fully saturated rings. The molecule has 1 saturated heterocycles. The predicted octanol–water partition coefficient (Wildman–Crippen LogP) is 2.65. The van der Waals surface area contributed by atoms with Gasteiger partial charge in [-0.15, -0.1) is 0 Å². The van der Waals surface area contributed by atoms with Crippen LogP contribution in [-0.2, 0) is 14.3 Å². The molecule has 116 valence electrons. The van der Waals surface area contributed by atoms with Crippen molar-refractivity contribution in [3.8, 4) is 5.75 Å². The van der Waals surface area contributed by atoms with Gasteiger partial charge in [0.15, 0.2) is 0 Å². The maximum absolute atomic E-state index is 12.1. The van der Waals surface area contributed by atoms with Crippen molar-refractivity contribution in [1.29, 1.82) is 0 Å². The third-order valence-corrected chi connectivity index (χ3v) is 3.95. The second-order valence-electron chi connectivity index (χ2n) is 4.28. The summed E-state index contributed by atoms with van der Waals surface area (Å²) >= 11 is 6.52. The maximum atomic E-state index is 12.1. The van der Waals surface area contributed by atoms with Gasteiger partial charge in [-0.25, -0.2) is 0 Å². The Morgan fingerprint density at radius 3 is 2.82 bits per heavy atom. The Bertz CT molecular complexity index is 673. The summed E-state index contributed by atoms with van der Waals surface area (Å²) in [5, 5.41) is 8.96. The number of hydrogen-bond donors (Lipinski definition) is 1. The number of hydrogen-bond acceptors (Lipinski definition) is 6. The second kappa shape index (κ2) is 6.85. The topological polar surface area (TPSA) is 83.9 Å². The largest absolute Gasteiger partial charge is 0.506 e. The standard InChI is InChI=1S/C14H12ClNO5S/c1-2-21-12(18)7-16-13(19)11(22-14(16)20)6-8-3-4-10(17)9(15)5-8/h3-6,17H,2,7H2,1H3/b11-6-. The van der Waals surface area contributed by atoms with E-state index in [9.17, 15) is 19.5 Å². The van der Waals surface area contributed by atoms with Crippen LogP contribution in [0.15, 0.2) is 23.1 Å². The average molecular weight is 342 g/mol. The number of ether oxygens (including phenoxy) is 1. The lowest BCUT2D eigenvalue weighted by atomic mass is 10.2. The van der Waals surface area contributed by atoms with Crippen LogP contribution < -0.4 is 0 Å². The van der Waals surface area contributed by atoms with Gasteiger partial charge < -0.3 is 9.84 Å². The molecular formula is C14H12ClNO5S. The van der Waals surface area contributed by atoms with Crippen LogP contribution in [0.5, 0.6) is 5.75 Å². The highest BCUT2D eigenvalue weighted by molar-refractivity contribution is 8.18. The van der Waals surface area contributed by atoms with Crippen molar-refractivity contribution in [3.63, 3.8) is 0 Å². The van der Waals surface area contributed by atoms with Gasteiger partial charge in [0.2, 0.25) is 0 Å². The summed E-state index contributed by atoms with van der Waals surface area (Å²) in [6.45, 7) is 1.41. The number of carbonyl (C=O) groups is 3. The average Bonchev–Trinajstić information content (AvgIpc) is 2.71. The molecule has 0 aliphatic carbocycles. The number of phenolic OH excluding ortho intramolecular Hbond substituents is 1. The quantitative estimate of drug-likeness (QED) is 0.669. The molecule has 0 radical (unpaired) electrons. The van der Waals surface area contributed by atoms with Crippen molar-refractivity contribution in [3.05, 3.63) is 33.7 Å². The first kappa shape index (κ1) is 16.4. The van der Waals surface area contributed by atoms with Gasteiger partial charge in [-0.2, -0.15) is 0 Å². The van der Waals surface area contributed by atoms with E-state index < -0.39 is 23.7 Å². The molecule has 6 nitrogen and oxygen atoms in total. The van der Waals surface area contributed by atoms with Crippen molar-refractivity contribution in [2.45, 2.75) is 6.92 Å². The molecule has 0 aromatic heterocycles. The Morgan fingerprint density at radius 2 is 2.18 bits per heavy atom. The fraction of sp³-hybridized carbons (Fsp3) is 0.214. The second-order valence-corrected chi connectivity index (χ2v) is 5.68. The summed E-state index contributed by atoms with van der Waals surface area (Å²) in [6, 6.07) is 4.41. The Balaban J connectivity index is 2.18. The van der Waals surface area contributed by atoms with Crippen LogP contribution in [-0.4, -0.2) is 40.3 Å². The number of phenols is 1. The van der Waals surface area contributed by atoms with Gasteiger partial charge in [0, 0.05) is 0 Å². The predicted molar refractivity (Wildman–Crippen MR) is 82.4 cm³/mol. The zero-order chi connectivity index (χ0) is 16.3. The zero-order valence-electron chi connectivity index (χ0n) is 11.5. The third kappa shape index (κ3) is 3.61. The van der Waals surface area contributed by atoms with E-state index in [2.05, 4.69) is 0 Å². The number of imide groups is 1. The minimum atomic E-state index is -0.640. The lowest BCUT2D eigenvalue weighted by molar-refractivity contribution is -0.145. The highest BCUT2D eigenvalue weighted by atomic mass is 35.5. The molecule has 22 heavy (non-hydrogen) atoms. The highest BCUT2D eigenvalue weighted by Gasteiger charge is 2.36. The summed E-state index contributed by atoms with van der Waals surface area (Å²) in [5.74, 6) is -1.28. The van der Waals surface area contributed by atoms with E-state index in [1.165, 1.54) is 18.2 Å². The van der Waals surface area contributed by atoms with E-state index >= 15 is 0 Å². The van der Waals surface area contributed by atoms with Crippen LogP contribution in [0, 0.1) is 0 Å². The first-order valence-corrected chi connectivity index (χ1v) is 7.51. The fourth-order valence-corrected chi connectivity index (χ4v) is 2.76. The molecule has 2 amide bonds. The molecule has 0 saturated carbocycles. The number of aromatic hydroxyl groups is 1. The van der Waals surface area contributed by atoms with Crippen LogP contribution in [0.3, 0.4) is 0 Å². The van der Waals surface area contributed by atoms with E-state index in [1.54, 1.807) is 13.0 Å². The van der Waals surface area contributed by atoms with Gasteiger partial charge in [-0.3, -0.25) is 19.3 Å². The Morgan fingerprint density at radius 1 is 1.45 bits per heavy atom. The van der Waals surface area contributed by atoms with Crippen LogP contribution in [0.1, 0.15) is 12.5 Å². The lowest BCUT2D eigenvalue weighted by Gasteiger charge is -2.10. The SMILES string of the molecule is CCOC(=O)CN1C(=O)S/C(=C\c2ccc(O)c(Cl)c2)C1=O. The number of rotatable bonds is 4. The maximum Gasteiger partial charge on any atom is 0.326 e. The van der Waals surface area contributed by atoms with Crippen molar-refractivity contribution in [1.82, 2.24) is 4.90 Å². The van der Waals surface area contributed by atoms with Crippen LogP contribution in [0.4, 0.5) is 4.79 Å². The minimum Gasteiger partial charge on any atom is -0.506 e. The zero-order valence-corrected chi connectivity index (χ0v) is 13.1. The number of halogens is 1. The molecule has 0 spiro atoms. The van der Waals surface area contributed by atoms with Crippen LogP contribution in [0.25, 0.3) is 6.08 Å². The fourth-order valence-electron chi connectivity index (χ4n) is 1.74. The molecular weight excluding hydrogens is 330 g/mol. The molecule has 1 aliphatic rings. The summed E-state index contributed by atoms with van der Waals surface area (Å²) in [4.78, 5) is 36.3. The molecule has 1 heterocycles. The van der Waals surface area contributed by atoms with E-state index in [4.69, 9.17) is 16.3 Å². The van der Waals surface area contributed by atoms with Crippen LogP contribution >= 0.6 is 23.4 Å². The van der Waals surface area contributed by atoms with E-state index in [1.807, 2.05) is 0 Å². The van der Waals surface area contributed by atoms with E-state index in [0.29, 0.717) is 5.56 Å². The van der Waals surface area contributed by atoms with Gasteiger partial charge in [-0.05, 0) is 42.5 Å². The number of thioether (sulfide) groups is 1. The Labute approximate surface area is 135 Å². The van der Waals surface area contributed by atoms with Gasteiger partial charge in [0.05, 0.1) is 16.5 Å². The number of nitrogens with zero attached hydrogens (tertiary/aromatic N) is 1. The van der Waals surface area contributed by atoms with Crippen LogP contribution in [0.2, 0.25) is 5.02 Å². The van der Waals surface area contributed by atoms with Crippen molar-refractivity contribution in [2.24, 2.45) is 0 Å². The summed E-state index contributed by atoms with van der Waals surface area (Å²) in [5.41, 5.74) is 0.560. The van der Waals surface area contributed by atoms with Crippen molar-refractivity contribution in [2.75, 3.05) is 13.2 Å². The number of esters is 1. The summed E-state index contributed by atoms with van der Waals surface area (Å²) < 4.78 is 4.72. The first-order chi connectivity index (χ1) is 10.4. The normalized spacial score (nSPS) is 16.5. The molecule has 1 N–H and O–H groups in total. The molecule has 1 aromatic carbocycles. The Hall–Kier alpha value is -1.99.